The predicted molar refractivity (Wildman–Crippen MR) is 65.2 cm³/mol. The molecule has 0 aliphatic rings. The van der Waals surface area contributed by atoms with Crippen LogP contribution in [0.4, 0.5) is 0 Å². The first-order valence-corrected chi connectivity index (χ1v) is 5.78. The normalized spacial score (nSPS) is 10.7. The van der Waals surface area contributed by atoms with E-state index in [-0.39, 0.29) is 0 Å². The maximum absolute atomic E-state index is 4.41. The van der Waals surface area contributed by atoms with Crippen LogP contribution in [0.15, 0.2) is 24.7 Å². The first-order chi connectivity index (χ1) is 8.29. The lowest BCUT2D eigenvalue weighted by atomic mass is 10.3. The van der Waals surface area contributed by atoms with E-state index in [2.05, 4.69) is 33.4 Å². The van der Waals surface area contributed by atoms with Crippen LogP contribution in [0.5, 0.6) is 0 Å². The summed E-state index contributed by atoms with van der Waals surface area (Å²) in [6.07, 6.45) is 3.32. The molecule has 0 unspecified atom stereocenters. The molecule has 2 rings (SSSR count). The average molecular weight is 231 g/mol. The molecule has 0 amide bonds. The molecule has 2 aromatic heterocycles. The quantitative estimate of drug-likeness (QED) is 0.842. The van der Waals surface area contributed by atoms with Gasteiger partial charge in [-0.3, -0.25) is 4.68 Å². The van der Waals surface area contributed by atoms with Gasteiger partial charge < -0.3 is 5.32 Å². The van der Waals surface area contributed by atoms with Gasteiger partial charge in [0.25, 0.3) is 0 Å². The number of nitrogens with zero attached hydrogens (tertiary/aromatic N) is 4. The van der Waals surface area contributed by atoms with Gasteiger partial charge in [-0.05, 0) is 26.0 Å². The summed E-state index contributed by atoms with van der Waals surface area (Å²) in [5.41, 5.74) is 3.27. The van der Waals surface area contributed by atoms with Gasteiger partial charge in [0.2, 0.25) is 0 Å². The summed E-state index contributed by atoms with van der Waals surface area (Å²) in [7, 11) is 0. The van der Waals surface area contributed by atoms with Gasteiger partial charge >= 0.3 is 0 Å². The highest BCUT2D eigenvalue weighted by Gasteiger charge is 2.03. The fraction of sp³-hybridized carbons (Fsp3) is 0.417. The van der Waals surface area contributed by atoms with Crippen LogP contribution in [0.2, 0.25) is 0 Å². The van der Waals surface area contributed by atoms with E-state index in [1.54, 1.807) is 12.5 Å². The van der Waals surface area contributed by atoms with Gasteiger partial charge in [0.05, 0.1) is 17.1 Å². The van der Waals surface area contributed by atoms with Crippen molar-refractivity contribution in [3.63, 3.8) is 0 Å². The summed E-state index contributed by atoms with van der Waals surface area (Å²) in [5.74, 6) is 0. The second kappa shape index (κ2) is 5.54. The first kappa shape index (κ1) is 11.7. The average Bonchev–Trinajstić information content (AvgIpc) is 2.71. The summed E-state index contributed by atoms with van der Waals surface area (Å²) < 4.78 is 2.02. The minimum Gasteiger partial charge on any atom is -0.306 e. The molecule has 2 aromatic rings. The van der Waals surface area contributed by atoms with E-state index < -0.39 is 0 Å². The van der Waals surface area contributed by atoms with Crippen LogP contribution in [0, 0.1) is 6.92 Å². The third kappa shape index (κ3) is 3.10. The van der Waals surface area contributed by atoms with Crippen LogP contribution in [0.3, 0.4) is 0 Å². The molecule has 5 heteroatoms. The minimum absolute atomic E-state index is 0.746. The Kier molecular flexibility index (Phi) is 3.82. The van der Waals surface area contributed by atoms with E-state index in [0.29, 0.717) is 0 Å². The molecular formula is C12H17N5. The van der Waals surface area contributed by atoms with Crippen molar-refractivity contribution in [1.29, 1.82) is 0 Å². The fourth-order valence-electron chi connectivity index (χ4n) is 1.76. The Labute approximate surface area is 101 Å². The summed E-state index contributed by atoms with van der Waals surface area (Å²) in [6.45, 7) is 6.56. The highest BCUT2D eigenvalue weighted by Crippen LogP contribution is 2.03. The lowest BCUT2D eigenvalue weighted by molar-refractivity contribution is 0.576. The maximum atomic E-state index is 4.41. The molecule has 0 aliphatic carbocycles. The number of aromatic nitrogens is 4. The molecule has 0 aliphatic heterocycles. The van der Waals surface area contributed by atoms with Crippen molar-refractivity contribution in [2.75, 3.05) is 0 Å². The van der Waals surface area contributed by atoms with E-state index in [1.165, 1.54) is 5.69 Å². The molecule has 0 atom stereocenters. The van der Waals surface area contributed by atoms with Crippen LogP contribution in [0.25, 0.3) is 0 Å². The lowest BCUT2D eigenvalue weighted by Gasteiger charge is -2.06. The van der Waals surface area contributed by atoms with E-state index >= 15 is 0 Å². The number of rotatable bonds is 5. The van der Waals surface area contributed by atoms with Crippen LogP contribution in [-0.2, 0) is 19.6 Å². The Morgan fingerprint density at radius 3 is 2.94 bits per heavy atom. The van der Waals surface area contributed by atoms with Crippen molar-refractivity contribution >= 4 is 0 Å². The molecule has 17 heavy (non-hydrogen) atoms. The molecule has 0 saturated carbocycles. The van der Waals surface area contributed by atoms with Gasteiger partial charge in [-0.1, -0.05) is 0 Å². The molecule has 0 saturated heterocycles. The molecule has 0 radical (unpaired) electrons. The molecular weight excluding hydrogens is 214 g/mol. The Balaban J connectivity index is 1.90. The van der Waals surface area contributed by atoms with Gasteiger partial charge in [0.1, 0.15) is 6.33 Å². The van der Waals surface area contributed by atoms with E-state index in [9.17, 15) is 0 Å². The zero-order chi connectivity index (χ0) is 12.1. The maximum Gasteiger partial charge on any atom is 0.115 e. The van der Waals surface area contributed by atoms with Crippen molar-refractivity contribution in [3.8, 4) is 0 Å². The number of aryl methyl sites for hydroxylation is 2. The van der Waals surface area contributed by atoms with Gasteiger partial charge in [-0.25, -0.2) is 9.97 Å². The SMILES string of the molecule is CCn1nc(C)cc1CNCc1ccncn1. The Hall–Kier alpha value is -1.75. The van der Waals surface area contributed by atoms with Crippen LogP contribution < -0.4 is 5.32 Å². The van der Waals surface area contributed by atoms with Gasteiger partial charge in [-0.15, -0.1) is 0 Å². The molecule has 0 bridgehead atoms. The molecule has 0 fully saturated rings. The zero-order valence-corrected chi connectivity index (χ0v) is 10.2. The Morgan fingerprint density at radius 2 is 2.24 bits per heavy atom. The summed E-state index contributed by atoms with van der Waals surface area (Å²) in [4.78, 5) is 8.05. The topological polar surface area (TPSA) is 55.6 Å². The smallest absolute Gasteiger partial charge is 0.115 e. The largest absolute Gasteiger partial charge is 0.306 e. The van der Waals surface area contributed by atoms with Gasteiger partial charge in [0, 0.05) is 25.8 Å². The van der Waals surface area contributed by atoms with E-state index in [1.807, 2.05) is 17.7 Å². The standard InChI is InChI=1S/C12H17N5/c1-3-17-12(6-10(2)16-17)8-14-7-11-4-5-13-9-15-11/h4-6,9,14H,3,7-8H2,1-2H3. The molecule has 90 valence electrons. The van der Waals surface area contributed by atoms with Crippen molar-refractivity contribution in [1.82, 2.24) is 25.1 Å². The van der Waals surface area contributed by atoms with E-state index in [4.69, 9.17) is 0 Å². The highest BCUT2D eigenvalue weighted by molar-refractivity contribution is 5.09. The van der Waals surface area contributed by atoms with Crippen molar-refractivity contribution in [2.45, 2.75) is 33.5 Å². The van der Waals surface area contributed by atoms with Crippen LogP contribution in [0.1, 0.15) is 24.0 Å². The van der Waals surface area contributed by atoms with E-state index in [0.717, 1.165) is 31.0 Å². The number of hydrogen-bond donors (Lipinski definition) is 1. The summed E-state index contributed by atoms with van der Waals surface area (Å²) in [6, 6.07) is 4.02. The minimum atomic E-state index is 0.746. The summed E-state index contributed by atoms with van der Waals surface area (Å²) >= 11 is 0. The number of hydrogen-bond acceptors (Lipinski definition) is 4. The number of nitrogens with one attached hydrogen (secondary N) is 1. The first-order valence-electron chi connectivity index (χ1n) is 5.78. The molecule has 1 N–H and O–H groups in total. The predicted octanol–water partition coefficient (Wildman–Crippen LogP) is 1.29. The zero-order valence-electron chi connectivity index (χ0n) is 10.2. The molecule has 0 spiro atoms. The van der Waals surface area contributed by atoms with Crippen molar-refractivity contribution in [2.24, 2.45) is 0 Å². The third-order valence-electron chi connectivity index (χ3n) is 2.54. The van der Waals surface area contributed by atoms with Crippen LogP contribution >= 0.6 is 0 Å². The third-order valence-corrected chi connectivity index (χ3v) is 2.54. The van der Waals surface area contributed by atoms with Crippen molar-refractivity contribution in [3.05, 3.63) is 41.7 Å². The highest BCUT2D eigenvalue weighted by atomic mass is 15.3. The Bertz CT molecular complexity index is 463. The molecule has 5 nitrogen and oxygen atoms in total. The van der Waals surface area contributed by atoms with Crippen LogP contribution in [-0.4, -0.2) is 19.7 Å². The summed E-state index contributed by atoms with van der Waals surface area (Å²) in [5, 5.41) is 7.76. The lowest BCUT2D eigenvalue weighted by Crippen LogP contribution is -2.16. The fourth-order valence-corrected chi connectivity index (χ4v) is 1.76. The van der Waals surface area contributed by atoms with Gasteiger partial charge in [-0.2, -0.15) is 5.10 Å². The second-order valence-electron chi connectivity index (χ2n) is 3.90. The second-order valence-corrected chi connectivity index (χ2v) is 3.90. The van der Waals surface area contributed by atoms with Gasteiger partial charge in [0.15, 0.2) is 0 Å². The molecule has 2 heterocycles. The molecule has 0 aromatic carbocycles. The monoisotopic (exact) mass is 231 g/mol. The Morgan fingerprint density at radius 1 is 1.35 bits per heavy atom. The van der Waals surface area contributed by atoms with Crippen molar-refractivity contribution < 1.29 is 0 Å².